The lowest BCUT2D eigenvalue weighted by Crippen LogP contribution is -2.45. The van der Waals surface area contributed by atoms with E-state index in [1.54, 1.807) is 17.1 Å². The number of hydrogen-bond donors (Lipinski definition) is 2. The Bertz CT molecular complexity index is 358. The Morgan fingerprint density at radius 1 is 1.87 bits per heavy atom. The molecule has 84 valence electrons. The van der Waals surface area contributed by atoms with E-state index >= 15 is 0 Å². The zero-order valence-corrected chi connectivity index (χ0v) is 11.3. The van der Waals surface area contributed by atoms with Gasteiger partial charge in [0.15, 0.2) is 9.46 Å². The third kappa shape index (κ3) is 2.93. The molecule has 4 nitrogen and oxygen atoms in total. The lowest BCUT2D eigenvalue weighted by molar-refractivity contribution is -0.144. The van der Waals surface area contributed by atoms with Gasteiger partial charge in [0, 0.05) is 5.38 Å². The Morgan fingerprint density at radius 3 is 2.93 bits per heavy atom. The maximum absolute atomic E-state index is 11.2. The summed E-state index contributed by atoms with van der Waals surface area (Å²) in [6.45, 7) is 0. The number of aromatic nitrogens is 1. The number of carbonyl (C=O) groups is 1. The Balaban J connectivity index is 2.95. The molecule has 0 saturated heterocycles. The fraction of sp³-hybridized carbons (Fsp3) is 0.500. The number of nitrogens with zero attached hydrogens (tertiary/aromatic N) is 1. The van der Waals surface area contributed by atoms with E-state index in [1.807, 2.05) is 6.26 Å². The van der Waals surface area contributed by atoms with Crippen LogP contribution < -0.4 is 5.73 Å². The molecule has 1 rings (SSSR count). The number of halogens is 1. The van der Waals surface area contributed by atoms with E-state index in [0.717, 1.165) is 0 Å². The second kappa shape index (κ2) is 5.29. The summed E-state index contributed by atoms with van der Waals surface area (Å²) in [4.78, 5) is 15.2. The van der Waals surface area contributed by atoms with E-state index in [2.05, 4.69) is 20.9 Å². The minimum Gasteiger partial charge on any atom is -0.480 e. The summed E-state index contributed by atoms with van der Waals surface area (Å²) in [6.07, 6.45) is 2.29. The van der Waals surface area contributed by atoms with Crippen LogP contribution in [0.2, 0.25) is 0 Å². The van der Waals surface area contributed by atoms with E-state index in [-0.39, 0.29) is 0 Å². The first-order valence-corrected chi connectivity index (χ1v) is 7.20. The number of aliphatic carboxylic acids is 1. The molecule has 1 heterocycles. The minimum absolute atomic E-state index is 0.375. The van der Waals surface area contributed by atoms with Crippen LogP contribution in [-0.2, 0) is 10.3 Å². The second-order valence-corrected chi connectivity index (χ2v) is 6.12. The summed E-state index contributed by atoms with van der Waals surface area (Å²) in [5, 5.41) is 10.8. The topological polar surface area (TPSA) is 76.2 Å². The Labute approximate surface area is 104 Å². The van der Waals surface area contributed by atoms with Crippen molar-refractivity contribution in [2.75, 3.05) is 12.0 Å². The molecule has 0 aromatic carbocycles. The third-order valence-corrected chi connectivity index (χ3v) is 3.99. The smallest absolute Gasteiger partial charge is 0.330 e. The van der Waals surface area contributed by atoms with Crippen LogP contribution in [0, 0.1) is 0 Å². The molecule has 1 aromatic rings. The summed E-state index contributed by atoms with van der Waals surface area (Å²) in [7, 11) is 0. The number of rotatable bonds is 5. The van der Waals surface area contributed by atoms with Gasteiger partial charge in [-0.05, 0) is 34.4 Å². The number of carboxylic acids is 1. The van der Waals surface area contributed by atoms with Crippen LogP contribution in [0.1, 0.15) is 12.1 Å². The molecule has 0 aliphatic heterocycles. The fourth-order valence-corrected chi connectivity index (χ4v) is 2.68. The maximum atomic E-state index is 11.2. The van der Waals surface area contributed by atoms with Crippen molar-refractivity contribution in [1.29, 1.82) is 0 Å². The zero-order valence-electron chi connectivity index (χ0n) is 8.07. The Morgan fingerprint density at radius 2 is 2.53 bits per heavy atom. The van der Waals surface area contributed by atoms with Gasteiger partial charge in [0.25, 0.3) is 0 Å². The van der Waals surface area contributed by atoms with Crippen LogP contribution in [0.25, 0.3) is 0 Å². The van der Waals surface area contributed by atoms with Crippen LogP contribution in [0.3, 0.4) is 0 Å². The van der Waals surface area contributed by atoms with Crippen molar-refractivity contribution in [3.05, 3.63) is 15.0 Å². The summed E-state index contributed by atoms with van der Waals surface area (Å²) in [5.41, 5.74) is 4.92. The number of hydrogen-bond acceptors (Lipinski definition) is 5. The molecule has 0 radical (unpaired) electrons. The average Bonchev–Trinajstić information content (AvgIpc) is 2.61. The highest BCUT2D eigenvalue weighted by Gasteiger charge is 2.37. The first-order valence-electron chi connectivity index (χ1n) is 4.13. The second-order valence-electron chi connectivity index (χ2n) is 3.01. The summed E-state index contributed by atoms with van der Waals surface area (Å²) < 4.78 is 0.651. The molecular formula is C8H11BrN2O2S2. The molecule has 1 unspecified atom stereocenters. The highest BCUT2D eigenvalue weighted by atomic mass is 79.9. The summed E-state index contributed by atoms with van der Waals surface area (Å²) >= 11 is 6.10. The van der Waals surface area contributed by atoms with Crippen LogP contribution in [0.15, 0.2) is 9.30 Å². The Kier molecular flexibility index (Phi) is 4.57. The first-order chi connectivity index (χ1) is 7.00. The molecule has 7 heteroatoms. The number of thiazole rings is 1. The minimum atomic E-state index is -1.37. The van der Waals surface area contributed by atoms with Crippen molar-refractivity contribution in [1.82, 2.24) is 4.98 Å². The SMILES string of the molecule is CSCCC(N)(C(=O)O)c1csc(Br)n1. The van der Waals surface area contributed by atoms with Crippen LogP contribution in [0.4, 0.5) is 0 Å². The molecule has 15 heavy (non-hydrogen) atoms. The average molecular weight is 311 g/mol. The molecule has 0 bridgehead atoms. The van der Waals surface area contributed by atoms with Crippen molar-refractivity contribution in [2.45, 2.75) is 12.0 Å². The van der Waals surface area contributed by atoms with Gasteiger partial charge in [0.05, 0.1) is 5.69 Å². The van der Waals surface area contributed by atoms with E-state index < -0.39 is 11.5 Å². The fourth-order valence-electron chi connectivity index (χ4n) is 1.06. The van der Waals surface area contributed by atoms with Gasteiger partial charge in [-0.3, -0.25) is 0 Å². The normalized spacial score (nSPS) is 14.9. The highest BCUT2D eigenvalue weighted by molar-refractivity contribution is 9.11. The van der Waals surface area contributed by atoms with Crippen molar-refractivity contribution < 1.29 is 9.90 Å². The lowest BCUT2D eigenvalue weighted by atomic mass is 9.94. The molecule has 0 spiro atoms. The Hall–Kier alpha value is -0.110. The number of carboxylic acid groups (broad SMARTS) is 1. The molecular weight excluding hydrogens is 300 g/mol. The standard InChI is InChI=1S/C8H11BrN2O2S2/c1-14-3-2-8(10,6(12)13)5-4-15-7(9)11-5/h4H,2-3,10H2,1H3,(H,12,13). The lowest BCUT2D eigenvalue weighted by Gasteiger charge is -2.21. The van der Waals surface area contributed by atoms with E-state index in [4.69, 9.17) is 10.8 Å². The van der Waals surface area contributed by atoms with Crippen LogP contribution >= 0.6 is 39.0 Å². The van der Waals surface area contributed by atoms with Crippen LogP contribution in [-0.4, -0.2) is 28.1 Å². The van der Waals surface area contributed by atoms with Crippen molar-refractivity contribution >= 4 is 45.0 Å². The van der Waals surface area contributed by atoms with E-state index in [0.29, 0.717) is 21.8 Å². The van der Waals surface area contributed by atoms with Crippen molar-refractivity contribution in [3.63, 3.8) is 0 Å². The molecule has 0 amide bonds. The van der Waals surface area contributed by atoms with Crippen LogP contribution in [0.5, 0.6) is 0 Å². The molecule has 0 saturated carbocycles. The van der Waals surface area contributed by atoms with Gasteiger partial charge in [-0.1, -0.05) is 0 Å². The number of nitrogens with two attached hydrogens (primary N) is 1. The molecule has 1 atom stereocenters. The molecule has 1 aromatic heterocycles. The predicted molar refractivity (Wildman–Crippen MR) is 66.3 cm³/mol. The highest BCUT2D eigenvalue weighted by Crippen LogP contribution is 2.27. The molecule has 0 aliphatic rings. The van der Waals surface area contributed by atoms with Gasteiger partial charge >= 0.3 is 5.97 Å². The van der Waals surface area contributed by atoms with E-state index in [1.165, 1.54) is 11.3 Å². The van der Waals surface area contributed by atoms with Gasteiger partial charge in [0.2, 0.25) is 0 Å². The molecule has 0 fully saturated rings. The van der Waals surface area contributed by atoms with E-state index in [9.17, 15) is 4.79 Å². The van der Waals surface area contributed by atoms with Gasteiger partial charge < -0.3 is 10.8 Å². The first kappa shape index (κ1) is 13.0. The number of thioether (sulfide) groups is 1. The van der Waals surface area contributed by atoms with Crippen molar-refractivity contribution in [2.24, 2.45) is 5.73 Å². The van der Waals surface area contributed by atoms with Crippen molar-refractivity contribution in [3.8, 4) is 0 Å². The maximum Gasteiger partial charge on any atom is 0.330 e. The van der Waals surface area contributed by atoms with Gasteiger partial charge in [0.1, 0.15) is 0 Å². The van der Waals surface area contributed by atoms with Gasteiger partial charge in [-0.15, -0.1) is 11.3 Å². The van der Waals surface area contributed by atoms with Gasteiger partial charge in [-0.2, -0.15) is 11.8 Å². The predicted octanol–water partition coefficient (Wildman–Crippen LogP) is 1.90. The zero-order chi connectivity index (χ0) is 11.5. The molecule has 3 N–H and O–H groups in total. The largest absolute Gasteiger partial charge is 0.480 e. The quantitative estimate of drug-likeness (QED) is 0.868. The summed E-state index contributed by atoms with van der Waals surface area (Å²) in [5.74, 6) is -0.341. The monoisotopic (exact) mass is 310 g/mol. The van der Waals surface area contributed by atoms with Gasteiger partial charge in [-0.25, -0.2) is 9.78 Å². The summed E-state index contributed by atoms with van der Waals surface area (Å²) in [6, 6.07) is 0. The molecule has 0 aliphatic carbocycles. The third-order valence-electron chi connectivity index (χ3n) is 2.02.